The van der Waals surface area contributed by atoms with Gasteiger partial charge in [0, 0.05) is 0 Å². The molecule has 2 aromatic carbocycles. The molecule has 1 unspecified atom stereocenters. The fourth-order valence-corrected chi connectivity index (χ4v) is 3.08. The molecule has 0 aromatic heterocycles. The van der Waals surface area contributed by atoms with Gasteiger partial charge in [0.25, 0.3) is 5.91 Å². The van der Waals surface area contributed by atoms with Gasteiger partial charge in [0.05, 0.1) is 11.6 Å². The van der Waals surface area contributed by atoms with E-state index in [1.165, 1.54) is 19.1 Å². The Morgan fingerprint density at radius 2 is 1.57 bits per heavy atom. The normalized spacial score (nSPS) is 12.0. The molecule has 0 aliphatic heterocycles. The lowest BCUT2D eigenvalue weighted by Crippen LogP contribution is -2.45. The van der Waals surface area contributed by atoms with Crippen molar-refractivity contribution in [3.8, 4) is 0 Å². The van der Waals surface area contributed by atoms with Crippen LogP contribution in [0, 0.1) is 0 Å². The summed E-state index contributed by atoms with van der Waals surface area (Å²) in [4.78, 5) is 38.9. The smallest absolute Gasteiger partial charge is 0.417 e. The van der Waals surface area contributed by atoms with Gasteiger partial charge in [0.15, 0.2) is 5.78 Å². The molecular weight excluding hydrogens is 378 g/mol. The fraction of sp³-hybridized carbons (Fsp3) is 0.240. The predicted molar refractivity (Wildman–Crippen MR) is 117 cm³/mol. The summed E-state index contributed by atoms with van der Waals surface area (Å²) in [7, 11) is 0. The molecule has 0 radical (unpaired) electrons. The van der Waals surface area contributed by atoms with Gasteiger partial charge < -0.3 is 4.74 Å². The molecule has 156 valence electrons. The van der Waals surface area contributed by atoms with E-state index in [0.717, 1.165) is 16.0 Å². The minimum absolute atomic E-state index is 0.0250. The quantitative estimate of drug-likeness (QED) is 0.258. The minimum Gasteiger partial charge on any atom is -0.444 e. The number of aryl methyl sites for hydroxylation is 1. The van der Waals surface area contributed by atoms with Gasteiger partial charge in [-0.25, -0.2) is 9.69 Å². The van der Waals surface area contributed by atoms with Gasteiger partial charge in [-0.3, -0.25) is 9.59 Å². The number of imide groups is 1. The SMILES string of the molecule is C=CC(CCc1ccccc1)N(C(=O)OCc1ccccc1)C(=O)/C(=C/C)C(C)=O. The van der Waals surface area contributed by atoms with Crippen molar-refractivity contribution in [2.75, 3.05) is 0 Å². The highest BCUT2D eigenvalue weighted by molar-refractivity contribution is 6.21. The van der Waals surface area contributed by atoms with E-state index in [-0.39, 0.29) is 12.2 Å². The molecule has 1 atom stereocenters. The van der Waals surface area contributed by atoms with Crippen LogP contribution in [0.1, 0.15) is 31.4 Å². The van der Waals surface area contributed by atoms with Crippen LogP contribution in [0.25, 0.3) is 0 Å². The van der Waals surface area contributed by atoms with Crippen molar-refractivity contribution in [1.82, 2.24) is 4.90 Å². The zero-order valence-electron chi connectivity index (χ0n) is 17.4. The summed E-state index contributed by atoms with van der Waals surface area (Å²) in [5, 5.41) is 0. The van der Waals surface area contributed by atoms with Crippen molar-refractivity contribution in [1.29, 1.82) is 0 Å². The second-order valence-corrected chi connectivity index (χ2v) is 6.80. The number of Topliss-reactive ketones (excluding diaryl/α,β-unsaturated/α-hetero) is 1. The maximum atomic E-state index is 13.1. The number of nitrogens with zero attached hydrogens (tertiary/aromatic N) is 1. The third kappa shape index (κ3) is 6.27. The second kappa shape index (κ2) is 11.5. The van der Waals surface area contributed by atoms with E-state index in [0.29, 0.717) is 12.8 Å². The van der Waals surface area contributed by atoms with Crippen LogP contribution < -0.4 is 0 Å². The Kier molecular flexibility index (Phi) is 8.75. The maximum Gasteiger partial charge on any atom is 0.417 e. The van der Waals surface area contributed by atoms with Gasteiger partial charge in [-0.15, -0.1) is 6.58 Å². The maximum absolute atomic E-state index is 13.1. The Hall–Kier alpha value is -3.47. The van der Waals surface area contributed by atoms with Gasteiger partial charge >= 0.3 is 6.09 Å². The Labute approximate surface area is 177 Å². The van der Waals surface area contributed by atoms with Crippen LogP contribution in [-0.4, -0.2) is 28.7 Å². The molecule has 0 saturated carbocycles. The van der Waals surface area contributed by atoms with Crippen LogP contribution in [0.5, 0.6) is 0 Å². The molecule has 2 rings (SSSR count). The molecule has 0 aliphatic rings. The zero-order chi connectivity index (χ0) is 21.9. The summed E-state index contributed by atoms with van der Waals surface area (Å²) < 4.78 is 5.40. The molecule has 30 heavy (non-hydrogen) atoms. The van der Waals surface area contributed by atoms with E-state index in [4.69, 9.17) is 4.74 Å². The number of hydrogen-bond donors (Lipinski definition) is 0. The summed E-state index contributed by atoms with van der Waals surface area (Å²) in [5.74, 6) is -1.09. The molecule has 0 spiro atoms. The van der Waals surface area contributed by atoms with Crippen LogP contribution in [0.15, 0.2) is 85.0 Å². The number of amides is 2. The van der Waals surface area contributed by atoms with Crippen LogP contribution in [-0.2, 0) is 27.4 Å². The minimum atomic E-state index is -0.803. The summed E-state index contributed by atoms with van der Waals surface area (Å²) in [5.41, 5.74) is 1.82. The predicted octanol–water partition coefficient (Wildman–Crippen LogP) is 4.87. The number of carbonyl (C=O) groups excluding carboxylic acids is 3. The van der Waals surface area contributed by atoms with E-state index < -0.39 is 23.8 Å². The first-order chi connectivity index (χ1) is 14.5. The molecule has 5 nitrogen and oxygen atoms in total. The number of ether oxygens (including phenoxy) is 1. The standard InChI is InChI=1S/C25H27NO4/c1-4-22(17-16-20-12-8-6-9-13-20)26(24(28)23(5-2)19(3)27)25(29)30-18-21-14-10-7-11-15-21/h4-15,22H,1,16-18H2,2-3H3/b23-5+. The van der Waals surface area contributed by atoms with E-state index >= 15 is 0 Å². The molecule has 5 heteroatoms. The van der Waals surface area contributed by atoms with Crippen LogP contribution in [0.2, 0.25) is 0 Å². The lowest BCUT2D eigenvalue weighted by Gasteiger charge is -2.28. The number of benzene rings is 2. The lowest BCUT2D eigenvalue weighted by molar-refractivity contribution is -0.129. The van der Waals surface area contributed by atoms with Gasteiger partial charge in [-0.05, 0) is 37.8 Å². The van der Waals surface area contributed by atoms with Gasteiger partial charge in [-0.2, -0.15) is 0 Å². The van der Waals surface area contributed by atoms with Crippen LogP contribution in [0.3, 0.4) is 0 Å². The monoisotopic (exact) mass is 405 g/mol. The highest BCUT2D eigenvalue weighted by Gasteiger charge is 2.32. The number of rotatable bonds is 9. The Bertz CT molecular complexity index is 903. The molecule has 0 bridgehead atoms. The van der Waals surface area contributed by atoms with Crippen molar-refractivity contribution >= 4 is 17.8 Å². The number of allylic oxidation sites excluding steroid dienone is 1. The fourth-order valence-electron chi connectivity index (χ4n) is 3.08. The van der Waals surface area contributed by atoms with Gasteiger partial charge in [-0.1, -0.05) is 72.8 Å². The van der Waals surface area contributed by atoms with E-state index in [2.05, 4.69) is 6.58 Å². The highest BCUT2D eigenvalue weighted by Crippen LogP contribution is 2.17. The lowest BCUT2D eigenvalue weighted by atomic mass is 10.0. The van der Waals surface area contributed by atoms with Crippen LogP contribution >= 0.6 is 0 Å². The van der Waals surface area contributed by atoms with E-state index in [9.17, 15) is 14.4 Å². The van der Waals surface area contributed by atoms with Crippen LogP contribution in [0.4, 0.5) is 4.79 Å². The van der Waals surface area contributed by atoms with Gasteiger partial charge in [0.1, 0.15) is 6.61 Å². The van der Waals surface area contributed by atoms with Crippen molar-refractivity contribution < 1.29 is 19.1 Å². The third-order valence-corrected chi connectivity index (χ3v) is 4.69. The average molecular weight is 405 g/mol. The van der Waals surface area contributed by atoms with Crippen molar-refractivity contribution in [2.45, 2.75) is 39.3 Å². The first-order valence-electron chi connectivity index (χ1n) is 9.85. The van der Waals surface area contributed by atoms with Crippen molar-refractivity contribution in [3.63, 3.8) is 0 Å². The third-order valence-electron chi connectivity index (χ3n) is 4.69. The van der Waals surface area contributed by atoms with Crippen molar-refractivity contribution in [2.24, 2.45) is 0 Å². The largest absolute Gasteiger partial charge is 0.444 e. The Morgan fingerprint density at radius 1 is 1.00 bits per heavy atom. The Morgan fingerprint density at radius 3 is 2.07 bits per heavy atom. The second-order valence-electron chi connectivity index (χ2n) is 6.80. The van der Waals surface area contributed by atoms with E-state index in [1.54, 1.807) is 6.92 Å². The summed E-state index contributed by atoms with van der Waals surface area (Å²) in [6.45, 7) is 6.72. The molecule has 0 fully saturated rings. The molecule has 0 N–H and O–H groups in total. The molecule has 0 aliphatic carbocycles. The molecule has 0 saturated heterocycles. The zero-order valence-corrected chi connectivity index (χ0v) is 17.4. The summed E-state index contributed by atoms with van der Waals surface area (Å²) >= 11 is 0. The number of ketones is 1. The summed E-state index contributed by atoms with van der Waals surface area (Å²) in [6.07, 6.45) is 3.26. The topological polar surface area (TPSA) is 63.7 Å². The molecule has 2 aromatic rings. The Balaban J connectivity index is 2.23. The van der Waals surface area contributed by atoms with E-state index in [1.807, 2.05) is 60.7 Å². The highest BCUT2D eigenvalue weighted by atomic mass is 16.6. The first kappa shape index (κ1) is 22.8. The average Bonchev–Trinajstić information content (AvgIpc) is 2.76. The molecule has 2 amide bonds. The summed E-state index contributed by atoms with van der Waals surface area (Å²) in [6, 6.07) is 18.3. The number of carbonyl (C=O) groups is 3. The molecular formula is C25H27NO4. The van der Waals surface area contributed by atoms with Crippen molar-refractivity contribution in [3.05, 3.63) is 96.1 Å². The van der Waals surface area contributed by atoms with Gasteiger partial charge in [0.2, 0.25) is 0 Å². The number of hydrogen-bond acceptors (Lipinski definition) is 4. The molecule has 0 heterocycles. The first-order valence-corrected chi connectivity index (χ1v) is 9.85.